The highest BCUT2D eigenvalue weighted by atomic mass is 16.5. The van der Waals surface area contributed by atoms with Crippen molar-refractivity contribution >= 4 is 11.9 Å². The van der Waals surface area contributed by atoms with Gasteiger partial charge in [-0.2, -0.15) is 0 Å². The Morgan fingerprint density at radius 3 is 2.71 bits per heavy atom. The predicted octanol–water partition coefficient (Wildman–Crippen LogP) is 1.42. The second kappa shape index (κ2) is 4.97. The molecule has 1 amide bonds. The van der Waals surface area contributed by atoms with Gasteiger partial charge in [-0.05, 0) is 56.3 Å². The van der Waals surface area contributed by atoms with Crippen LogP contribution in [0.3, 0.4) is 0 Å². The maximum atomic E-state index is 12.5. The van der Waals surface area contributed by atoms with Gasteiger partial charge in [-0.1, -0.05) is 0 Å². The molecule has 1 heterocycles. The average molecular weight is 293 g/mol. The molecule has 0 aromatic heterocycles. The van der Waals surface area contributed by atoms with Gasteiger partial charge in [0.1, 0.15) is 0 Å². The minimum Gasteiger partial charge on any atom is -0.481 e. The molecule has 2 bridgehead atoms. The van der Waals surface area contributed by atoms with Crippen LogP contribution in [-0.2, 0) is 14.3 Å². The van der Waals surface area contributed by atoms with Crippen molar-refractivity contribution < 1.29 is 19.4 Å². The van der Waals surface area contributed by atoms with E-state index in [2.05, 4.69) is 5.32 Å². The van der Waals surface area contributed by atoms with Gasteiger partial charge >= 0.3 is 5.97 Å². The Kier molecular flexibility index (Phi) is 3.21. The average Bonchev–Trinajstić information content (AvgIpc) is 2.98. The van der Waals surface area contributed by atoms with Crippen LogP contribution in [0.15, 0.2) is 0 Å². The fourth-order valence-electron chi connectivity index (χ4n) is 5.05. The van der Waals surface area contributed by atoms with Crippen LogP contribution in [-0.4, -0.2) is 35.7 Å². The zero-order chi connectivity index (χ0) is 14.6. The molecule has 21 heavy (non-hydrogen) atoms. The van der Waals surface area contributed by atoms with Crippen molar-refractivity contribution in [2.45, 2.75) is 50.7 Å². The number of nitrogens with one attached hydrogen (secondary N) is 1. The number of ether oxygens (including phenoxy) is 1. The molecule has 116 valence electrons. The highest BCUT2D eigenvalue weighted by molar-refractivity contribution is 5.79. The van der Waals surface area contributed by atoms with E-state index in [0.717, 1.165) is 45.1 Å². The summed E-state index contributed by atoms with van der Waals surface area (Å²) in [6.07, 6.45) is 5.88. The van der Waals surface area contributed by atoms with E-state index in [-0.39, 0.29) is 23.8 Å². The standard InChI is InChI=1S/C16H23NO4/c18-15(12-2-1-11-4-10(12)7-21-11)17-14-6-8-3-9(16(19)20)5-13(8)14/h8-14H,1-7H2,(H,17,18)(H,19,20)/t8-,9?,10-,11+,12-,13-,14-/m1/s1. The summed E-state index contributed by atoms with van der Waals surface area (Å²) in [5.41, 5.74) is 0. The number of aliphatic carboxylic acids is 1. The largest absolute Gasteiger partial charge is 0.481 e. The molecule has 3 aliphatic carbocycles. The summed E-state index contributed by atoms with van der Waals surface area (Å²) in [6, 6.07) is 0.215. The molecule has 5 heteroatoms. The van der Waals surface area contributed by atoms with Gasteiger partial charge in [0.25, 0.3) is 0 Å². The Hall–Kier alpha value is -1.10. The van der Waals surface area contributed by atoms with Crippen LogP contribution in [0.1, 0.15) is 38.5 Å². The van der Waals surface area contributed by atoms with Crippen molar-refractivity contribution in [2.24, 2.45) is 29.6 Å². The van der Waals surface area contributed by atoms with Crippen molar-refractivity contribution in [3.05, 3.63) is 0 Å². The first-order chi connectivity index (χ1) is 10.1. The molecule has 4 fully saturated rings. The molecule has 4 aliphatic rings. The predicted molar refractivity (Wildman–Crippen MR) is 74.5 cm³/mol. The summed E-state index contributed by atoms with van der Waals surface area (Å²) in [7, 11) is 0. The summed E-state index contributed by atoms with van der Waals surface area (Å²) < 4.78 is 5.67. The lowest BCUT2D eigenvalue weighted by Crippen LogP contribution is -2.52. The number of carbonyl (C=O) groups excluding carboxylic acids is 1. The normalized spacial score (nSPS) is 47.5. The van der Waals surface area contributed by atoms with Crippen LogP contribution in [0.4, 0.5) is 0 Å². The van der Waals surface area contributed by atoms with Crippen molar-refractivity contribution in [1.82, 2.24) is 5.32 Å². The first-order valence-corrected chi connectivity index (χ1v) is 8.26. The van der Waals surface area contributed by atoms with Crippen molar-refractivity contribution in [2.75, 3.05) is 6.61 Å². The summed E-state index contributed by atoms with van der Waals surface area (Å²) in [5, 5.41) is 12.3. The summed E-state index contributed by atoms with van der Waals surface area (Å²) >= 11 is 0. The first-order valence-electron chi connectivity index (χ1n) is 8.26. The molecule has 7 atom stereocenters. The quantitative estimate of drug-likeness (QED) is 0.825. The van der Waals surface area contributed by atoms with Crippen molar-refractivity contribution in [3.8, 4) is 0 Å². The van der Waals surface area contributed by atoms with Gasteiger partial charge in [-0.3, -0.25) is 9.59 Å². The summed E-state index contributed by atoms with van der Waals surface area (Å²) in [4.78, 5) is 23.6. The number of carbonyl (C=O) groups is 2. The highest BCUT2D eigenvalue weighted by Crippen LogP contribution is 2.50. The first kappa shape index (κ1) is 13.6. The number of hydrogen-bond donors (Lipinski definition) is 2. The van der Waals surface area contributed by atoms with E-state index < -0.39 is 5.97 Å². The number of rotatable bonds is 3. The van der Waals surface area contributed by atoms with E-state index in [1.807, 2.05) is 0 Å². The van der Waals surface area contributed by atoms with E-state index >= 15 is 0 Å². The number of carboxylic acids is 1. The van der Waals surface area contributed by atoms with Crippen LogP contribution in [0.25, 0.3) is 0 Å². The highest BCUT2D eigenvalue weighted by Gasteiger charge is 2.50. The maximum absolute atomic E-state index is 12.5. The minimum atomic E-state index is -0.670. The van der Waals surface area contributed by atoms with Gasteiger partial charge in [0.05, 0.1) is 18.6 Å². The number of fused-ring (bicyclic) bond motifs is 3. The Labute approximate surface area is 124 Å². The van der Waals surface area contributed by atoms with Gasteiger partial charge in [0.15, 0.2) is 0 Å². The third kappa shape index (κ3) is 2.26. The molecule has 3 saturated carbocycles. The summed E-state index contributed by atoms with van der Waals surface area (Å²) in [6.45, 7) is 0.737. The molecule has 1 unspecified atom stereocenters. The molecule has 2 N–H and O–H groups in total. The molecule has 1 saturated heterocycles. The third-order valence-electron chi connectivity index (χ3n) is 6.32. The van der Waals surface area contributed by atoms with Crippen molar-refractivity contribution in [3.63, 3.8) is 0 Å². The minimum absolute atomic E-state index is 0.111. The van der Waals surface area contributed by atoms with Gasteiger partial charge in [0.2, 0.25) is 5.91 Å². The smallest absolute Gasteiger partial charge is 0.306 e. The Bertz CT molecular complexity index is 465. The molecule has 0 aromatic carbocycles. The fourth-order valence-corrected chi connectivity index (χ4v) is 5.05. The number of amides is 1. The molecular formula is C16H23NO4. The SMILES string of the molecule is O=C(O)C1C[C@@H]2C[C@@H](NC(=O)[C@@H]3CC[C@H]4C[C@@H]3CO4)[C@@H]2C1. The molecule has 0 spiro atoms. The van der Waals surface area contributed by atoms with Gasteiger partial charge in [0, 0.05) is 12.0 Å². The lowest BCUT2D eigenvalue weighted by molar-refractivity contribution is -0.141. The Morgan fingerprint density at radius 2 is 1.90 bits per heavy atom. The molecule has 0 aromatic rings. The second-order valence-corrected chi connectivity index (χ2v) is 7.42. The Morgan fingerprint density at radius 1 is 1.05 bits per heavy atom. The van der Waals surface area contributed by atoms with E-state index in [1.165, 1.54) is 0 Å². The van der Waals surface area contributed by atoms with Crippen LogP contribution < -0.4 is 5.32 Å². The Balaban J connectivity index is 1.33. The van der Waals surface area contributed by atoms with Crippen LogP contribution >= 0.6 is 0 Å². The van der Waals surface area contributed by atoms with Gasteiger partial charge in [-0.25, -0.2) is 0 Å². The summed E-state index contributed by atoms with van der Waals surface area (Å²) in [5.74, 6) is 0.741. The van der Waals surface area contributed by atoms with E-state index in [1.54, 1.807) is 0 Å². The van der Waals surface area contributed by atoms with Crippen LogP contribution in [0.2, 0.25) is 0 Å². The third-order valence-corrected chi connectivity index (χ3v) is 6.32. The van der Waals surface area contributed by atoms with E-state index in [9.17, 15) is 9.59 Å². The molecular weight excluding hydrogens is 270 g/mol. The zero-order valence-corrected chi connectivity index (χ0v) is 12.2. The second-order valence-electron chi connectivity index (χ2n) is 7.42. The monoisotopic (exact) mass is 293 g/mol. The number of hydrogen-bond acceptors (Lipinski definition) is 3. The van der Waals surface area contributed by atoms with Crippen LogP contribution in [0.5, 0.6) is 0 Å². The van der Waals surface area contributed by atoms with Gasteiger partial charge in [-0.15, -0.1) is 0 Å². The topological polar surface area (TPSA) is 75.6 Å². The zero-order valence-electron chi connectivity index (χ0n) is 12.2. The lowest BCUT2D eigenvalue weighted by Gasteiger charge is -2.42. The van der Waals surface area contributed by atoms with E-state index in [4.69, 9.17) is 9.84 Å². The molecule has 4 rings (SSSR count). The van der Waals surface area contributed by atoms with Crippen LogP contribution in [0, 0.1) is 29.6 Å². The van der Waals surface area contributed by atoms with Gasteiger partial charge < -0.3 is 15.2 Å². The molecule has 5 nitrogen and oxygen atoms in total. The lowest BCUT2D eigenvalue weighted by atomic mass is 9.71. The molecule has 1 aliphatic heterocycles. The molecule has 0 radical (unpaired) electrons. The van der Waals surface area contributed by atoms with Crippen molar-refractivity contribution in [1.29, 1.82) is 0 Å². The van der Waals surface area contributed by atoms with E-state index in [0.29, 0.717) is 23.9 Å². The fraction of sp³-hybridized carbons (Fsp3) is 0.875. The number of carboxylic acid groups (broad SMARTS) is 1. The maximum Gasteiger partial charge on any atom is 0.306 e.